The molecule has 1 fully saturated rings. The summed E-state index contributed by atoms with van der Waals surface area (Å²) in [5.74, 6) is 0.411. The monoisotopic (exact) mass is 327 g/mol. The number of methoxy groups -OCH3 is 1. The first-order valence-corrected chi connectivity index (χ1v) is 6.54. The largest absolute Gasteiger partial charge is 0.496 e. The van der Waals surface area contributed by atoms with Crippen LogP contribution in [0.1, 0.15) is 0 Å². The molecule has 1 aromatic rings. The van der Waals surface area contributed by atoms with Crippen LogP contribution in [0.4, 0.5) is 5.69 Å². The predicted molar refractivity (Wildman–Crippen MR) is 74.1 cm³/mol. The lowest BCUT2D eigenvalue weighted by Crippen LogP contribution is -2.56. The first kappa shape index (κ1) is 13.8. The maximum absolute atomic E-state index is 12.0. The Morgan fingerprint density at radius 2 is 2.32 bits per heavy atom. The van der Waals surface area contributed by atoms with Crippen LogP contribution < -0.4 is 20.7 Å². The van der Waals surface area contributed by atoms with E-state index in [0.717, 1.165) is 4.47 Å². The smallest absolute Gasteiger partial charge is 0.243 e. The predicted octanol–water partition coefficient (Wildman–Crippen LogP) is 0.484. The van der Waals surface area contributed by atoms with Crippen molar-refractivity contribution in [3.63, 3.8) is 0 Å². The Kier molecular flexibility index (Phi) is 4.39. The molecule has 1 aliphatic heterocycles. The van der Waals surface area contributed by atoms with E-state index in [4.69, 9.17) is 4.74 Å². The second kappa shape index (κ2) is 6.03. The maximum Gasteiger partial charge on any atom is 0.243 e. The van der Waals surface area contributed by atoms with Crippen LogP contribution >= 0.6 is 15.9 Å². The molecule has 1 heterocycles. The standard InChI is InChI=1S/C12H14BrN3O3/c1-19-10-3-2-7(4-8(10)13)16-12(18)9-5-15-11(17)6-14-9/h2-4,9,14H,5-6H2,1H3,(H,15,17)(H,16,18). The zero-order valence-corrected chi connectivity index (χ0v) is 11.9. The van der Waals surface area contributed by atoms with Crippen molar-refractivity contribution in [2.24, 2.45) is 0 Å². The highest BCUT2D eigenvalue weighted by atomic mass is 79.9. The van der Waals surface area contributed by atoms with Crippen molar-refractivity contribution in [2.45, 2.75) is 6.04 Å². The molecule has 7 heteroatoms. The van der Waals surface area contributed by atoms with Crippen LogP contribution in [0, 0.1) is 0 Å². The molecule has 19 heavy (non-hydrogen) atoms. The van der Waals surface area contributed by atoms with Crippen LogP contribution in [0.15, 0.2) is 22.7 Å². The van der Waals surface area contributed by atoms with Gasteiger partial charge in [0.2, 0.25) is 11.8 Å². The number of hydrogen-bond donors (Lipinski definition) is 3. The summed E-state index contributed by atoms with van der Waals surface area (Å²) in [6.45, 7) is 0.451. The average Bonchev–Trinajstić information content (AvgIpc) is 2.39. The van der Waals surface area contributed by atoms with Crippen molar-refractivity contribution in [3.05, 3.63) is 22.7 Å². The van der Waals surface area contributed by atoms with Crippen molar-refractivity contribution in [1.82, 2.24) is 10.6 Å². The number of rotatable bonds is 3. The van der Waals surface area contributed by atoms with Crippen LogP contribution in [0.5, 0.6) is 5.75 Å². The number of carbonyl (C=O) groups excluding carboxylic acids is 2. The van der Waals surface area contributed by atoms with Crippen LogP contribution in [0.3, 0.4) is 0 Å². The van der Waals surface area contributed by atoms with E-state index in [0.29, 0.717) is 18.0 Å². The van der Waals surface area contributed by atoms with Gasteiger partial charge in [-0.2, -0.15) is 0 Å². The summed E-state index contributed by atoms with van der Waals surface area (Å²) in [5, 5.41) is 8.28. The van der Waals surface area contributed by atoms with Gasteiger partial charge in [0, 0.05) is 12.2 Å². The average molecular weight is 328 g/mol. The second-order valence-corrected chi connectivity index (χ2v) is 4.93. The molecule has 1 aromatic carbocycles. The fraction of sp³-hybridized carbons (Fsp3) is 0.333. The van der Waals surface area contributed by atoms with Gasteiger partial charge in [0.05, 0.1) is 18.1 Å². The number of piperazine rings is 1. The molecule has 0 radical (unpaired) electrons. The summed E-state index contributed by atoms with van der Waals surface area (Å²) >= 11 is 3.35. The lowest BCUT2D eigenvalue weighted by molar-refractivity contribution is -0.124. The van der Waals surface area contributed by atoms with Crippen molar-refractivity contribution in [2.75, 3.05) is 25.5 Å². The second-order valence-electron chi connectivity index (χ2n) is 4.08. The summed E-state index contributed by atoms with van der Waals surface area (Å²) in [7, 11) is 1.58. The van der Waals surface area contributed by atoms with Gasteiger partial charge in [-0.3, -0.25) is 14.9 Å². The Labute approximate surface area is 119 Å². The van der Waals surface area contributed by atoms with Gasteiger partial charge in [0.25, 0.3) is 0 Å². The van der Waals surface area contributed by atoms with Crippen molar-refractivity contribution < 1.29 is 14.3 Å². The highest BCUT2D eigenvalue weighted by Crippen LogP contribution is 2.27. The van der Waals surface area contributed by atoms with Crippen LogP contribution in [0.25, 0.3) is 0 Å². The van der Waals surface area contributed by atoms with E-state index in [1.54, 1.807) is 25.3 Å². The van der Waals surface area contributed by atoms with Gasteiger partial charge in [-0.1, -0.05) is 0 Å². The zero-order valence-electron chi connectivity index (χ0n) is 10.3. The number of nitrogens with one attached hydrogen (secondary N) is 3. The molecule has 1 atom stereocenters. The van der Waals surface area contributed by atoms with E-state index in [2.05, 4.69) is 31.9 Å². The quantitative estimate of drug-likeness (QED) is 0.754. The summed E-state index contributed by atoms with van der Waals surface area (Å²) in [4.78, 5) is 22.9. The molecule has 0 spiro atoms. The molecule has 2 amide bonds. The molecular formula is C12H14BrN3O3. The number of hydrogen-bond acceptors (Lipinski definition) is 4. The van der Waals surface area contributed by atoms with Gasteiger partial charge < -0.3 is 15.4 Å². The number of halogens is 1. The van der Waals surface area contributed by atoms with E-state index in [9.17, 15) is 9.59 Å². The zero-order chi connectivity index (χ0) is 13.8. The third-order valence-corrected chi connectivity index (χ3v) is 3.37. The minimum Gasteiger partial charge on any atom is -0.496 e. The molecule has 2 rings (SSSR count). The highest BCUT2D eigenvalue weighted by molar-refractivity contribution is 9.10. The van der Waals surface area contributed by atoms with E-state index in [1.165, 1.54) is 0 Å². The molecule has 6 nitrogen and oxygen atoms in total. The fourth-order valence-corrected chi connectivity index (χ4v) is 2.27. The summed E-state index contributed by atoms with van der Waals surface area (Å²) in [6.07, 6.45) is 0. The van der Waals surface area contributed by atoms with Gasteiger partial charge in [0.1, 0.15) is 11.8 Å². The van der Waals surface area contributed by atoms with Crippen molar-refractivity contribution >= 4 is 33.4 Å². The highest BCUT2D eigenvalue weighted by Gasteiger charge is 2.23. The number of ether oxygens (including phenoxy) is 1. The number of carbonyl (C=O) groups is 2. The lowest BCUT2D eigenvalue weighted by atomic mass is 10.2. The van der Waals surface area contributed by atoms with E-state index < -0.39 is 6.04 Å². The fourth-order valence-electron chi connectivity index (χ4n) is 1.73. The molecule has 3 N–H and O–H groups in total. The number of benzene rings is 1. The van der Waals surface area contributed by atoms with Gasteiger partial charge in [-0.25, -0.2) is 0 Å². The van der Waals surface area contributed by atoms with Gasteiger partial charge in [0.15, 0.2) is 0 Å². The number of anilines is 1. The molecular weight excluding hydrogens is 314 g/mol. The van der Waals surface area contributed by atoms with Crippen molar-refractivity contribution in [1.29, 1.82) is 0 Å². The van der Waals surface area contributed by atoms with Crippen LogP contribution in [-0.4, -0.2) is 38.1 Å². The number of amides is 2. The first-order chi connectivity index (χ1) is 9.10. The van der Waals surface area contributed by atoms with Crippen LogP contribution in [0.2, 0.25) is 0 Å². The summed E-state index contributed by atoms with van der Waals surface area (Å²) in [5.41, 5.74) is 0.663. The van der Waals surface area contributed by atoms with E-state index >= 15 is 0 Å². The third kappa shape index (κ3) is 3.45. The van der Waals surface area contributed by atoms with Gasteiger partial charge in [-0.05, 0) is 34.1 Å². The van der Waals surface area contributed by atoms with Gasteiger partial charge >= 0.3 is 0 Å². The third-order valence-electron chi connectivity index (χ3n) is 2.75. The van der Waals surface area contributed by atoms with E-state index in [1.807, 2.05) is 0 Å². The summed E-state index contributed by atoms with van der Waals surface area (Å²) in [6, 6.07) is 4.86. The minimum absolute atomic E-state index is 0.101. The Hall–Kier alpha value is -1.60. The molecule has 0 aliphatic carbocycles. The molecule has 0 bridgehead atoms. The molecule has 1 saturated heterocycles. The Balaban J connectivity index is 1.99. The van der Waals surface area contributed by atoms with Crippen LogP contribution in [-0.2, 0) is 9.59 Å². The van der Waals surface area contributed by atoms with E-state index in [-0.39, 0.29) is 18.4 Å². The maximum atomic E-state index is 12.0. The first-order valence-electron chi connectivity index (χ1n) is 5.74. The van der Waals surface area contributed by atoms with Gasteiger partial charge in [-0.15, -0.1) is 0 Å². The normalized spacial score (nSPS) is 18.6. The molecule has 0 saturated carbocycles. The molecule has 102 valence electrons. The SMILES string of the molecule is COc1ccc(NC(=O)C2CNC(=O)CN2)cc1Br. The molecule has 1 unspecified atom stereocenters. The van der Waals surface area contributed by atoms with Crippen molar-refractivity contribution in [3.8, 4) is 5.75 Å². The Morgan fingerprint density at radius 1 is 1.53 bits per heavy atom. The topological polar surface area (TPSA) is 79.5 Å². The Bertz CT molecular complexity index is 497. The minimum atomic E-state index is -0.418. The molecule has 1 aliphatic rings. The summed E-state index contributed by atoms with van der Waals surface area (Å²) < 4.78 is 5.88. The lowest BCUT2D eigenvalue weighted by Gasteiger charge is -2.23. The Morgan fingerprint density at radius 3 is 2.89 bits per heavy atom. The molecule has 0 aromatic heterocycles.